The summed E-state index contributed by atoms with van der Waals surface area (Å²) >= 11 is 0. The van der Waals surface area contributed by atoms with Crippen molar-refractivity contribution in [1.29, 1.82) is 0 Å². The van der Waals surface area contributed by atoms with Gasteiger partial charge in [0.25, 0.3) is 0 Å². The molecule has 2 aromatic heterocycles. The number of aromatic nitrogens is 2. The van der Waals surface area contributed by atoms with E-state index >= 15 is 0 Å². The summed E-state index contributed by atoms with van der Waals surface area (Å²) in [6, 6.07) is 43.4. The molecule has 2 aliphatic rings. The first-order valence-electron chi connectivity index (χ1n) is 17.1. The maximum Gasteiger partial charge on any atom is 0.134 e. The highest BCUT2D eigenvalue weighted by Crippen LogP contribution is 2.42. The molecule has 3 nitrogen and oxygen atoms in total. The van der Waals surface area contributed by atoms with Crippen LogP contribution in [0.5, 0.6) is 0 Å². The van der Waals surface area contributed by atoms with Gasteiger partial charge in [-0.15, -0.1) is 0 Å². The average Bonchev–Trinajstić information content (AvgIpc) is 3.56. The van der Waals surface area contributed by atoms with E-state index in [1.807, 2.05) is 6.20 Å². The molecule has 2 heterocycles. The van der Waals surface area contributed by atoms with Crippen molar-refractivity contribution in [3.8, 4) is 33.5 Å². The monoisotopic (exact) mass is 628 g/mol. The summed E-state index contributed by atoms with van der Waals surface area (Å²) in [7, 11) is 0. The van der Waals surface area contributed by atoms with Gasteiger partial charge in [0.05, 0.1) is 22.9 Å². The van der Waals surface area contributed by atoms with Gasteiger partial charge in [-0.3, -0.25) is 4.98 Å². The minimum atomic E-state index is 0.308. The molecule has 8 aromatic rings. The zero-order valence-corrected chi connectivity index (χ0v) is 26.9. The molecular weight excluding hydrogens is 597 g/mol. The Kier molecular flexibility index (Phi) is 6.45. The molecule has 232 valence electrons. The van der Waals surface area contributed by atoms with Crippen molar-refractivity contribution in [2.75, 3.05) is 0 Å². The van der Waals surface area contributed by atoms with Crippen LogP contribution in [-0.4, -0.2) is 9.97 Å². The number of hydrogen-bond acceptors (Lipinski definition) is 3. The summed E-state index contributed by atoms with van der Waals surface area (Å²) < 4.78 is 6.22. The van der Waals surface area contributed by atoms with Gasteiger partial charge in [0.2, 0.25) is 0 Å². The Bertz CT molecular complexity index is 2630. The summed E-state index contributed by atoms with van der Waals surface area (Å²) in [6.45, 7) is 0. The van der Waals surface area contributed by atoms with E-state index in [1.54, 1.807) is 0 Å². The maximum atomic E-state index is 6.22. The molecule has 10 rings (SSSR count). The lowest BCUT2D eigenvalue weighted by atomic mass is 9.81. The van der Waals surface area contributed by atoms with Gasteiger partial charge in [0, 0.05) is 39.8 Å². The number of fused-ring (bicyclic) bond motifs is 9. The van der Waals surface area contributed by atoms with Gasteiger partial charge >= 0.3 is 0 Å². The van der Waals surface area contributed by atoms with Crippen molar-refractivity contribution < 1.29 is 4.42 Å². The Balaban J connectivity index is 1.16. The molecule has 49 heavy (non-hydrogen) atoms. The lowest BCUT2D eigenvalue weighted by Crippen LogP contribution is -2.08. The third-order valence-electron chi connectivity index (χ3n) is 10.3. The molecule has 2 aliphatic carbocycles. The van der Waals surface area contributed by atoms with Crippen LogP contribution in [0.3, 0.4) is 0 Å². The number of rotatable bonds is 4. The van der Waals surface area contributed by atoms with Crippen LogP contribution in [0.15, 0.2) is 144 Å². The van der Waals surface area contributed by atoms with E-state index in [9.17, 15) is 0 Å². The molecule has 0 saturated carbocycles. The Labute approximate surface area is 284 Å². The second kappa shape index (κ2) is 11.3. The quantitative estimate of drug-likeness (QED) is 0.182. The second-order valence-electron chi connectivity index (χ2n) is 13.2. The predicted molar refractivity (Wildman–Crippen MR) is 202 cm³/mol. The summed E-state index contributed by atoms with van der Waals surface area (Å²) in [5, 5.41) is 3.55. The molecule has 3 heteroatoms. The fraction of sp³-hybridized carbons (Fsp3) is 0.0870. The number of nitrogens with zero attached hydrogens (tertiary/aromatic N) is 2. The summed E-state index contributed by atoms with van der Waals surface area (Å²) in [4.78, 5) is 10.6. The smallest absolute Gasteiger partial charge is 0.134 e. The molecule has 0 aliphatic heterocycles. The SMILES string of the molecule is C1=Cc2c(oc3ccc(-c4ccccc4-c4cnc5c6c(c7cc(-c8ccccc8)ccc7c5n4)CC(c4ccccc4)C=C6)cc23)CC1. The first-order chi connectivity index (χ1) is 24.3. The van der Waals surface area contributed by atoms with E-state index < -0.39 is 0 Å². The fourth-order valence-corrected chi connectivity index (χ4v) is 7.91. The number of benzene rings is 6. The lowest BCUT2D eigenvalue weighted by Gasteiger charge is -2.23. The zero-order chi connectivity index (χ0) is 32.3. The van der Waals surface area contributed by atoms with Crippen LogP contribution in [0.25, 0.3) is 78.4 Å². The second-order valence-corrected chi connectivity index (χ2v) is 13.2. The minimum Gasteiger partial charge on any atom is -0.460 e. The molecule has 0 saturated heterocycles. The Morgan fingerprint density at radius 1 is 0.612 bits per heavy atom. The van der Waals surface area contributed by atoms with Crippen LogP contribution in [0, 0.1) is 0 Å². The summed E-state index contributed by atoms with van der Waals surface area (Å²) in [5.74, 6) is 1.39. The van der Waals surface area contributed by atoms with Crippen molar-refractivity contribution in [2.24, 2.45) is 0 Å². The number of aryl methyl sites for hydroxylation is 1. The lowest BCUT2D eigenvalue weighted by molar-refractivity contribution is 0.546. The molecule has 0 N–H and O–H groups in total. The van der Waals surface area contributed by atoms with Crippen LogP contribution in [0.2, 0.25) is 0 Å². The molecule has 1 atom stereocenters. The van der Waals surface area contributed by atoms with Crippen LogP contribution in [0.1, 0.15) is 40.4 Å². The molecule has 0 amide bonds. The third-order valence-corrected chi connectivity index (χ3v) is 10.3. The van der Waals surface area contributed by atoms with Crippen LogP contribution < -0.4 is 0 Å². The van der Waals surface area contributed by atoms with Crippen molar-refractivity contribution in [1.82, 2.24) is 9.97 Å². The van der Waals surface area contributed by atoms with Crippen LogP contribution in [-0.2, 0) is 12.8 Å². The highest BCUT2D eigenvalue weighted by Gasteiger charge is 2.24. The molecule has 1 unspecified atom stereocenters. The topological polar surface area (TPSA) is 38.9 Å². The van der Waals surface area contributed by atoms with Gasteiger partial charge in [-0.2, -0.15) is 0 Å². The number of allylic oxidation sites excluding steroid dienone is 2. The Hall–Kier alpha value is -6.06. The van der Waals surface area contributed by atoms with Crippen molar-refractivity contribution in [3.05, 3.63) is 168 Å². The van der Waals surface area contributed by atoms with Gasteiger partial charge in [-0.1, -0.05) is 127 Å². The van der Waals surface area contributed by atoms with Gasteiger partial charge in [-0.05, 0) is 69.8 Å². The van der Waals surface area contributed by atoms with Crippen molar-refractivity contribution in [2.45, 2.75) is 25.2 Å². The molecule has 0 radical (unpaired) electrons. The highest BCUT2D eigenvalue weighted by atomic mass is 16.3. The Morgan fingerprint density at radius 2 is 1.39 bits per heavy atom. The summed E-state index contributed by atoms with van der Waals surface area (Å²) in [5.41, 5.74) is 14.5. The molecule has 6 aromatic carbocycles. The first-order valence-corrected chi connectivity index (χ1v) is 17.1. The largest absolute Gasteiger partial charge is 0.460 e. The van der Waals surface area contributed by atoms with E-state index in [0.29, 0.717) is 5.92 Å². The first kappa shape index (κ1) is 28.0. The van der Waals surface area contributed by atoms with Gasteiger partial charge in [0.15, 0.2) is 0 Å². The van der Waals surface area contributed by atoms with Crippen LogP contribution in [0.4, 0.5) is 0 Å². The molecular formula is C46H32N2O. The van der Waals surface area contributed by atoms with Crippen LogP contribution >= 0.6 is 0 Å². The van der Waals surface area contributed by atoms with Gasteiger partial charge in [-0.25, -0.2) is 4.98 Å². The highest BCUT2D eigenvalue weighted by molar-refractivity contribution is 6.11. The van der Waals surface area contributed by atoms with E-state index in [1.165, 1.54) is 38.8 Å². The van der Waals surface area contributed by atoms with E-state index in [0.717, 1.165) is 74.8 Å². The summed E-state index contributed by atoms with van der Waals surface area (Å²) in [6.07, 6.45) is 13.9. The fourth-order valence-electron chi connectivity index (χ4n) is 7.91. The standard InChI is InChI=1S/C46H32N2O/c1-3-11-29(12-4-1)31-19-22-37-39(25-31)40-26-32(30-13-5-2-6-14-30)20-23-38(40)46-45(37)47-28-42(48-46)35-16-8-7-15-34(35)33-21-24-44-41(27-33)36-17-9-10-18-43(36)49-44/h1-9,11-17,19-24,26-28,31H,10,18,25H2. The minimum absolute atomic E-state index is 0.308. The van der Waals surface area contributed by atoms with Crippen molar-refractivity contribution >= 4 is 44.9 Å². The molecule has 0 bridgehead atoms. The van der Waals surface area contributed by atoms with E-state index in [4.69, 9.17) is 14.4 Å². The maximum absolute atomic E-state index is 6.22. The number of furan rings is 1. The zero-order valence-electron chi connectivity index (χ0n) is 26.9. The van der Waals surface area contributed by atoms with E-state index in [2.05, 4.69) is 146 Å². The normalized spacial score (nSPS) is 15.1. The van der Waals surface area contributed by atoms with Gasteiger partial charge < -0.3 is 4.42 Å². The Morgan fingerprint density at radius 3 is 2.27 bits per heavy atom. The molecule has 0 spiro atoms. The third kappa shape index (κ3) is 4.65. The molecule has 0 fully saturated rings. The van der Waals surface area contributed by atoms with Crippen molar-refractivity contribution in [3.63, 3.8) is 0 Å². The van der Waals surface area contributed by atoms with E-state index in [-0.39, 0.29) is 0 Å². The predicted octanol–water partition coefficient (Wildman–Crippen LogP) is 11.8. The van der Waals surface area contributed by atoms with Gasteiger partial charge in [0.1, 0.15) is 11.3 Å². The average molecular weight is 629 g/mol. The number of hydrogen-bond donors (Lipinski definition) is 0.